The molecule has 0 radical (unpaired) electrons. The number of hydrogen-bond donors (Lipinski definition) is 0. The van der Waals surface area contributed by atoms with Crippen molar-refractivity contribution >= 4 is 11.8 Å². The van der Waals surface area contributed by atoms with Crippen LogP contribution in [0.25, 0.3) is 0 Å². The normalized spacial score (nSPS) is 15.0. The van der Waals surface area contributed by atoms with Crippen LogP contribution in [0.3, 0.4) is 0 Å². The summed E-state index contributed by atoms with van der Waals surface area (Å²) in [5.41, 5.74) is 0. The van der Waals surface area contributed by atoms with Crippen LogP contribution in [0.5, 0.6) is 0 Å². The average Bonchev–Trinajstić information content (AvgIpc) is 1.86. The van der Waals surface area contributed by atoms with Crippen LogP contribution < -0.4 is 0 Å². The second-order valence-electron chi connectivity index (χ2n) is 3.85. The Hall–Kier alpha value is 0.350. The van der Waals surface area contributed by atoms with Gasteiger partial charge in [0, 0.05) is 10.00 Å². The highest BCUT2D eigenvalue weighted by atomic mass is 32.2. The molecule has 0 saturated carbocycles. The topological polar surface area (TPSA) is 0 Å². The number of thioether (sulfide) groups is 1. The van der Waals surface area contributed by atoms with E-state index in [4.69, 9.17) is 0 Å². The largest absolute Gasteiger partial charge is 0.153 e. The fourth-order valence-electron chi connectivity index (χ4n) is 1.29. The van der Waals surface area contributed by atoms with Crippen LogP contribution in [0.4, 0.5) is 0 Å². The summed E-state index contributed by atoms with van der Waals surface area (Å²) in [6, 6.07) is 0. The summed E-state index contributed by atoms with van der Waals surface area (Å²) in [5, 5.41) is 0.816. The van der Waals surface area contributed by atoms with Crippen molar-refractivity contribution in [1.29, 1.82) is 0 Å². The molecule has 1 unspecified atom stereocenters. The minimum absolute atomic E-state index is 0.490. The van der Waals surface area contributed by atoms with Gasteiger partial charge in [-0.2, -0.15) is 11.8 Å². The summed E-state index contributed by atoms with van der Waals surface area (Å²) >= 11 is 2.13. The Morgan fingerprint density at radius 1 is 1.27 bits per heavy atom. The second kappa shape index (κ2) is 5.08. The molecule has 0 aliphatic heterocycles. The Labute approximate surface area is 76.1 Å². The van der Waals surface area contributed by atoms with Crippen molar-refractivity contribution in [1.82, 2.24) is 0 Å². The zero-order valence-electron chi connectivity index (χ0n) is 8.61. The minimum atomic E-state index is 0.490. The maximum Gasteiger partial charge on any atom is 0.0106 e. The second-order valence-corrected chi connectivity index (χ2v) is 5.99. The minimum Gasteiger partial charge on any atom is -0.153 e. The van der Waals surface area contributed by atoms with E-state index in [1.54, 1.807) is 0 Å². The summed E-state index contributed by atoms with van der Waals surface area (Å²) in [5.74, 6) is 0. The molecule has 68 valence electrons. The van der Waals surface area contributed by atoms with E-state index >= 15 is 0 Å². The molecule has 0 N–H and O–H groups in total. The smallest absolute Gasteiger partial charge is 0.0106 e. The Bertz CT molecular complexity index is 97.0. The lowest BCUT2D eigenvalue weighted by Crippen LogP contribution is -2.17. The Kier molecular flexibility index (Phi) is 5.24. The van der Waals surface area contributed by atoms with Crippen LogP contribution in [0, 0.1) is 0 Å². The summed E-state index contributed by atoms with van der Waals surface area (Å²) in [7, 11) is 0. The van der Waals surface area contributed by atoms with Crippen molar-refractivity contribution in [3.63, 3.8) is 0 Å². The summed E-state index contributed by atoms with van der Waals surface area (Å²) in [6.07, 6.45) is 3.93. The van der Waals surface area contributed by atoms with Crippen molar-refractivity contribution in [2.75, 3.05) is 0 Å². The van der Waals surface area contributed by atoms with E-state index in [9.17, 15) is 0 Å². The van der Waals surface area contributed by atoms with Gasteiger partial charge in [-0.25, -0.2) is 0 Å². The molecule has 0 fully saturated rings. The van der Waals surface area contributed by atoms with Crippen LogP contribution >= 0.6 is 11.8 Å². The maximum atomic E-state index is 2.35. The standard InChI is InChI=1S/C10H22S/c1-6-8-10(4,5)11-9(3)7-2/h9H,6-8H2,1-5H3. The number of hydrogen-bond acceptors (Lipinski definition) is 1. The fraction of sp³-hybridized carbons (Fsp3) is 1.00. The predicted molar refractivity (Wildman–Crippen MR) is 56.3 cm³/mol. The molecular weight excluding hydrogens is 152 g/mol. The van der Waals surface area contributed by atoms with E-state index < -0.39 is 0 Å². The first-order valence-electron chi connectivity index (χ1n) is 4.69. The highest BCUT2D eigenvalue weighted by Gasteiger charge is 2.19. The third kappa shape index (κ3) is 5.60. The van der Waals surface area contributed by atoms with Gasteiger partial charge >= 0.3 is 0 Å². The van der Waals surface area contributed by atoms with Crippen LogP contribution in [0.1, 0.15) is 53.9 Å². The Morgan fingerprint density at radius 3 is 2.18 bits per heavy atom. The quantitative estimate of drug-likeness (QED) is 0.605. The highest BCUT2D eigenvalue weighted by Crippen LogP contribution is 2.33. The number of rotatable bonds is 5. The molecule has 1 atom stereocenters. The van der Waals surface area contributed by atoms with Gasteiger partial charge in [0.2, 0.25) is 0 Å². The van der Waals surface area contributed by atoms with Crippen LogP contribution in [-0.4, -0.2) is 10.00 Å². The molecule has 0 spiro atoms. The molecule has 0 saturated heterocycles. The van der Waals surface area contributed by atoms with E-state index in [1.165, 1.54) is 19.3 Å². The molecule has 0 aromatic rings. The lowest BCUT2D eigenvalue weighted by molar-refractivity contribution is 0.622. The first-order valence-corrected chi connectivity index (χ1v) is 5.57. The van der Waals surface area contributed by atoms with Gasteiger partial charge in [0.15, 0.2) is 0 Å². The monoisotopic (exact) mass is 174 g/mol. The lowest BCUT2D eigenvalue weighted by atomic mass is 10.1. The zero-order chi connectivity index (χ0) is 8.91. The molecule has 1 heteroatoms. The Morgan fingerprint density at radius 2 is 1.82 bits per heavy atom. The van der Waals surface area contributed by atoms with Crippen molar-refractivity contribution in [3.8, 4) is 0 Å². The van der Waals surface area contributed by atoms with Crippen molar-refractivity contribution in [2.45, 2.75) is 63.9 Å². The van der Waals surface area contributed by atoms with Gasteiger partial charge < -0.3 is 0 Å². The summed E-state index contributed by atoms with van der Waals surface area (Å²) in [4.78, 5) is 0. The molecular formula is C10H22S. The first kappa shape index (κ1) is 11.4. The van der Waals surface area contributed by atoms with Crippen molar-refractivity contribution in [3.05, 3.63) is 0 Å². The Balaban J connectivity index is 3.70. The summed E-state index contributed by atoms with van der Waals surface area (Å²) < 4.78 is 0.490. The van der Waals surface area contributed by atoms with E-state index in [2.05, 4.69) is 46.4 Å². The first-order chi connectivity index (χ1) is 5.02. The van der Waals surface area contributed by atoms with Gasteiger partial charge in [0.25, 0.3) is 0 Å². The molecule has 0 bridgehead atoms. The molecule has 0 rings (SSSR count). The van der Waals surface area contributed by atoms with Crippen LogP contribution in [0.15, 0.2) is 0 Å². The van der Waals surface area contributed by atoms with Crippen LogP contribution in [-0.2, 0) is 0 Å². The van der Waals surface area contributed by atoms with E-state index in [-0.39, 0.29) is 0 Å². The van der Waals surface area contributed by atoms with Gasteiger partial charge in [-0.1, -0.05) is 41.0 Å². The fourth-order valence-corrected chi connectivity index (χ4v) is 2.87. The molecule has 11 heavy (non-hydrogen) atoms. The molecule has 0 aromatic carbocycles. The highest BCUT2D eigenvalue weighted by molar-refractivity contribution is 8.01. The average molecular weight is 174 g/mol. The van der Waals surface area contributed by atoms with E-state index in [0.29, 0.717) is 4.75 Å². The molecule has 0 aromatic heterocycles. The maximum absolute atomic E-state index is 2.35. The van der Waals surface area contributed by atoms with Crippen molar-refractivity contribution in [2.24, 2.45) is 0 Å². The third-order valence-corrected chi connectivity index (χ3v) is 3.53. The SMILES string of the molecule is CCCC(C)(C)SC(C)CC. The van der Waals surface area contributed by atoms with Gasteiger partial charge in [-0.3, -0.25) is 0 Å². The van der Waals surface area contributed by atoms with Gasteiger partial charge in [0.1, 0.15) is 0 Å². The predicted octanol–water partition coefficient (Wildman–Crippen LogP) is 4.10. The molecule has 0 aliphatic carbocycles. The van der Waals surface area contributed by atoms with Crippen LogP contribution in [0.2, 0.25) is 0 Å². The zero-order valence-corrected chi connectivity index (χ0v) is 9.42. The lowest BCUT2D eigenvalue weighted by Gasteiger charge is -2.26. The molecule has 0 nitrogen and oxygen atoms in total. The van der Waals surface area contributed by atoms with Gasteiger partial charge in [-0.15, -0.1) is 0 Å². The molecule has 0 amide bonds. The molecule has 0 aliphatic rings. The third-order valence-electron chi connectivity index (χ3n) is 1.95. The van der Waals surface area contributed by atoms with Gasteiger partial charge in [-0.05, 0) is 12.8 Å². The summed E-state index contributed by atoms with van der Waals surface area (Å²) in [6.45, 7) is 11.6. The van der Waals surface area contributed by atoms with Gasteiger partial charge in [0.05, 0.1) is 0 Å². The van der Waals surface area contributed by atoms with E-state index in [1.807, 2.05) is 0 Å². The van der Waals surface area contributed by atoms with E-state index in [0.717, 1.165) is 5.25 Å². The van der Waals surface area contributed by atoms with Crippen molar-refractivity contribution < 1.29 is 0 Å². The molecule has 0 heterocycles.